The molecule has 0 heterocycles. The number of nitrogens with zero attached hydrogens (tertiary/aromatic N) is 1. The van der Waals surface area contributed by atoms with Crippen LogP contribution in [0.4, 0.5) is 17.1 Å². The van der Waals surface area contributed by atoms with Gasteiger partial charge in [-0.1, -0.05) is 105 Å². The van der Waals surface area contributed by atoms with E-state index in [1.165, 1.54) is 104 Å². The Hall–Kier alpha value is -3.32. The number of hydrogen-bond acceptors (Lipinski definition) is 1. The van der Waals surface area contributed by atoms with Crippen LogP contribution in [0, 0.1) is 0 Å². The van der Waals surface area contributed by atoms with Crippen LogP contribution in [0.15, 0.2) is 103 Å². The Bertz CT molecular complexity index is 1200. The Kier molecular flexibility index (Phi) is 7.40. The Labute approximate surface area is 223 Å². The Balaban J connectivity index is 1.36. The zero-order chi connectivity index (χ0) is 24.9. The van der Waals surface area contributed by atoms with E-state index in [1.54, 1.807) is 0 Å². The van der Waals surface area contributed by atoms with Crippen LogP contribution in [0.2, 0.25) is 0 Å². The van der Waals surface area contributed by atoms with Crippen molar-refractivity contribution in [2.45, 2.75) is 76.0 Å². The number of rotatable bonds is 6. The molecule has 0 radical (unpaired) electrons. The van der Waals surface area contributed by atoms with Gasteiger partial charge in [0.2, 0.25) is 0 Å². The van der Waals surface area contributed by atoms with E-state index in [9.17, 15) is 0 Å². The van der Waals surface area contributed by atoms with Crippen LogP contribution >= 0.6 is 0 Å². The van der Waals surface area contributed by atoms with Gasteiger partial charge < -0.3 is 4.90 Å². The molecule has 0 amide bonds. The number of hydrogen-bond donors (Lipinski definition) is 0. The predicted molar refractivity (Wildman–Crippen MR) is 158 cm³/mol. The fourth-order valence-corrected chi connectivity index (χ4v) is 6.57. The summed E-state index contributed by atoms with van der Waals surface area (Å²) in [6.45, 7) is 0. The SMILES string of the molecule is c1ccc(-c2cccc(N(c3ccc(C4CCCCC4)cc3)c3ccc(C4CCCCC4)cc3)c2)cc1. The summed E-state index contributed by atoms with van der Waals surface area (Å²) in [5, 5.41) is 0. The molecule has 4 aromatic rings. The molecule has 0 atom stereocenters. The minimum absolute atomic E-state index is 0.729. The first-order valence-corrected chi connectivity index (χ1v) is 14.5. The molecular formula is C36H39N. The molecule has 0 bridgehead atoms. The lowest BCUT2D eigenvalue weighted by molar-refractivity contribution is 0.443. The maximum absolute atomic E-state index is 2.43. The molecule has 37 heavy (non-hydrogen) atoms. The lowest BCUT2D eigenvalue weighted by Gasteiger charge is -2.28. The first-order valence-electron chi connectivity index (χ1n) is 14.5. The molecule has 2 aliphatic carbocycles. The van der Waals surface area contributed by atoms with E-state index < -0.39 is 0 Å². The van der Waals surface area contributed by atoms with Gasteiger partial charge in [0, 0.05) is 17.1 Å². The van der Waals surface area contributed by atoms with Crippen molar-refractivity contribution in [3.63, 3.8) is 0 Å². The molecule has 1 nitrogen and oxygen atoms in total. The van der Waals surface area contributed by atoms with E-state index in [0.29, 0.717) is 0 Å². The maximum Gasteiger partial charge on any atom is 0.0467 e. The normalized spacial score (nSPS) is 17.0. The molecule has 0 unspecified atom stereocenters. The quantitative estimate of drug-likeness (QED) is 0.262. The zero-order valence-corrected chi connectivity index (χ0v) is 22.0. The van der Waals surface area contributed by atoms with Crippen LogP contribution in [-0.4, -0.2) is 0 Å². The minimum Gasteiger partial charge on any atom is -0.310 e. The summed E-state index contributed by atoms with van der Waals surface area (Å²) < 4.78 is 0. The van der Waals surface area contributed by atoms with Crippen molar-refractivity contribution >= 4 is 17.1 Å². The molecule has 0 spiro atoms. The molecule has 2 aliphatic rings. The summed E-state index contributed by atoms with van der Waals surface area (Å²) in [4.78, 5) is 2.43. The molecule has 2 fully saturated rings. The Morgan fingerprint density at radius 1 is 0.405 bits per heavy atom. The summed E-state index contributed by atoms with van der Waals surface area (Å²) in [5.41, 5.74) is 9.19. The smallest absolute Gasteiger partial charge is 0.0467 e. The third kappa shape index (κ3) is 5.52. The molecular weight excluding hydrogens is 446 g/mol. The summed E-state index contributed by atoms with van der Waals surface area (Å²) >= 11 is 0. The monoisotopic (exact) mass is 485 g/mol. The topological polar surface area (TPSA) is 3.24 Å². The van der Waals surface area contributed by atoms with Gasteiger partial charge in [0.15, 0.2) is 0 Å². The van der Waals surface area contributed by atoms with E-state index in [1.807, 2.05) is 0 Å². The first-order chi connectivity index (χ1) is 18.3. The average Bonchev–Trinajstić information content (AvgIpc) is 3.00. The molecule has 188 valence electrons. The van der Waals surface area contributed by atoms with Crippen molar-refractivity contribution in [1.29, 1.82) is 0 Å². The average molecular weight is 486 g/mol. The zero-order valence-electron chi connectivity index (χ0n) is 22.0. The Morgan fingerprint density at radius 2 is 0.892 bits per heavy atom. The second-order valence-corrected chi connectivity index (χ2v) is 11.1. The van der Waals surface area contributed by atoms with Crippen molar-refractivity contribution in [3.05, 3.63) is 114 Å². The standard InChI is InChI=1S/C36H39N/c1-4-11-28(12-5-1)31-19-23-34(24-20-31)37(35-25-21-32(22-26-35)29-13-6-2-7-14-29)36-18-10-17-33(27-36)30-15-8-3-9-16-30/h3,8-10,15-29H,1-2,4-7,11-14H2. The van der Waals surface area contributed by atoms with Gasteiger partial charge in [-0.05, 0) is 96.2 Å². The van der Waals surface area contributed by atoms with Crippen LogP contribution in [0.5, 0.6) is 0 Å². The van der Waals surface area contributed by atoms with Gasteiger partial charge >= 0.3 is 0 Å². The maximum atomic E-state index is 2.43. The van der Waals surface area contributed by atoms with Gasteiger partial charge in [0.05, 0.1) is 0 Å². The van der Waals surface area contributed by atoms with Crippen LogP contribution < -0.4 is 4.90 Å². The third-order valence-corrected chi connectivity index (χ3v) is 8.67. The fourth-order valence-electron chi connectivity index (χ4n) is 6.57. The van der Waals surface area contributed by atoms with Crippen LogP contribution in [0.1, 0.15) is 87.2 Å². The molecule has 4 aromatic carbocycles. The molecule has 0 aromatic heterocycles. The van der Waals surface area contributed by atoms with E-state index in [2.05, 4.69) is 108 Å². The van der Waals surface area contributed by atoms with E-state index in [0.717, 1.165) is 11.8 Å². The molecule has 1 heteroatoms. The summed E-state index contributed by atoms with van der Waals surface area (Å²) in [6.07, 6.45) is 13.6. The van der Waals surface area contributed by atoms with Gasteiger partial charge in [-0.3, -0.25) is 0 Å². The second-order valence-electron chi connectivity index (χ2n) is 11.1. The molecule has 2 saturated carbocycles. The highest BCUT2D eigenvalue weighted by Crippen LogP contribution is 2.40. The van der Waals surface area contributed by atoms with Gasteiger partial charge in [-0.15, -0.1) is 0 Å². The van der Waals surface area contributed by atoms with Crippen LogP contribution in [-0.2, 0) is 0 Å². The third-order valence-electron chi connectivity index (χ3n) is 8.67. The van der Waals surface area contributed by atoms with Crippen molar-refractivity contribution in [2.75, 3.05) is 4.90 Å². The summed E-state index contributed by atoms with van der Waals surface area (Å²) in [5.74, 6) is 1.46. The molecule has 6 rings (SSSR count). The van der Waals surface area contributed by atoms with Gasteiger partial charge in [-0.25, -0.2) is 0 Å². The van der Waals surface area contributed by atoms with Crippen molar-refractivity contribution in [1.82, 2.24) is 0 Å². The highest BCUT2D eigenvalue weighted by atomic mass is 15.1. The van der Waals surface area contributed by atoms with Gasteiger partial charge in [0.25, 0.3) is 0 Å². The summed E-state index contributed by atoms with van der Waals surface area (Å²) in [6, 6.07) is 38.6. The van der Waals surface area contributed by atoms with E-state index in [-0.39, 0.29) is 0 Å². The fraction of sp³-hybridized carbons (Fsp3) is 0.333. The number of anilines is 3. The van der Waals surface area contributed by atoms with Crippen molar-refractivity contribution < 1.29 is 0 Å². The Morgan fingerprint density at radius 3 is 1.41 bits per heavy atom. The van der Waals surface area contributed by atoms with E-state index in [4.69, 9.17) is 0 Å². The number of benzene rings is 4. The molecule has 0 aliphatic heterocycles. The van der Waals surface area contributed by atoms with Crippen molar-refractivity contribution in [3.8, 4) is 11.1 Å². The second kappa shape index (κ2) is 11.4. The highest BCUT2D eigenvalue weighted by Gasteiger charge is 2.19. The lowest BCUT2D eigenvalue weighted by atomic mass is 9.84. The van der Waals surface area contributed by atoms with Gasteiger partial charge in [0.1, 0.15) is 0 Å². The molecule has 0 saturated heterocycles. The van der Waals surface area contributed by atoms with Crippen LogP contribution in [0.25, 0.3) is 11.1 Å². The highest BCUT2D eigenvalue weighted by molar-refractivity contribution is 5.80. The molecule has 0 N–H and O–H groups in total. The summed E-state index contributed by atoms with van der Waals surface area (Å²) in [7, 11) is 0. The minimum atomic E-state index is 0.729. The lowest BCUT2D eigenvalue weighted by Crippen LogP contribution is -2.11. The van der Waals surface area contributed by atoms with Gasteiger partial charge in [-0.2, -0.15) is 0 Å². The van der Waals surface area contributed by atoms with Crippen LogP contribution in [0.3, 0.4) is 0 Å². The largest absolute Gasteiger partial charge is 0.310 e. The predicted octanol–water partition coefficient (Wildman–Crippen LogP) is 10.9. The van der Waals surface area contributed by atoms with Crippen molar-refractivity contribution in [2.24, 2.45) is 0 Å². The first kappa shape index (κ1) is 24.0. The van der Waals surface area contributed by atoms with E-state index >= 15 is 0 Å².